The maximum absolute atomic E-state index is 6.05. The van der Waals surface area contributed by atoms with Crippen molar-refractivity contribution in [2.75, 3.05) is 13.1 Å². The van der Waals surface area contributed by atoms with Gasteiger partial charge in [0.1, 0.15) is 11.3 Å². The van der Waals surface area contributed by atoms with Crippen molar-refractivity contribution in [3.8, 4) is 0 Å². The number of aromatic nitrogens is 1. The van der Waals surface area contributed by atoms with E-state index >= 15 is 0 Å². The molecule has 0 aromatic carbocycles. The molecule has 2 aromatic heterocycles. The highest BCUT2D eigenvalue weighted by atomic mass is 35.5. The van der Waals surface area contributed by atoms with Gasteiger partial charge in [-0.25, -0.2) is 0 Å². The molecule has 4 heteroatoms. The summed E-state index contributed by atoms with van der Waals surface area (Å²) in [5, 5.41) is 0. The molecule has 2 saturated heterocycles. The lowest BCUT2D eigenvalue weighted by Crippen LogP contribution is -2.34. The molecular weight excluding hydrogens is 248 g/mol. The molecule has 3 nitrogen and oxygen atoms in total. The zero-order valence-corrected chi connectivity index (χ0v) is 11.1. The minimum atomic E-state index is 0. The van der Waals surface area contributed by atoms with Gasteiger partial charge in [-0.15, -0.1) is 12.4 Å². The molecule has 0 saturated carbocycles. The normalized spacial score (nSPS) is 22.0. The van der Waals surface area contributed by atoms with E-state index in [4.69, 9.17) is 4.42 Å². The second-order valence-electron chi connectivity index (χ2n) is 5.22. The molecule has 0 unspecified atom stereocenters. The highest BCUT2D eigenvalue weighted by Gasteiger charge is 2.47. The average molecular weight is 265 g/mol. The minimum Gasteiger partial charge on any atom is -0.457 e. The van der Waals surface area contributed by atoms with E-state index < -0.39 is 0 Å². The van der Waals surface area contributed by atoms with Crippen LogP contribution in [0.3, 0.4) is 0 Å². The minimum absolute atomic E-state index is 0. The predicted octanol–water partition coefficient (Wildman–Crippen LogP) is 3.33. The first-order valence-electron chi connectivity index (χ1n) is 6.49. The van der Waals surface area contributed by atoms with Crippen molar-refractivity contribution >= 4 is 23.5 Å². The van der Waals surface area contributed by atoms with Gasteiger partial charge < -0.3 is 4.42 Å². The van der Waals surface area contributed by atoms with Crippen molar-refractivity contribution in [2.45, 2.75) is 31.2 Å². The van der Waals surface area contributed by atoms with Crippen LogP contribution in [-0.4, -0.2) is 23.0 Å². The van der Waals surface area contributed by atoms with Crippen molar-refractivity contribution < 1.29 is 4.42 Å². The van der Waals surface area contributed by atoms with E-state index in [1.54, 1.807) is 0 Å². The number of hydrogen-bond donors (Lipinski definition) is 0. The summed E-state index contributed by atoms with van der Waals surface area (Å²) >= 11 is 0. The fraction of sp³-hybridized carbons (Fsp3) is 0.500. The molecule has 18 heavy (non-hydrogen) atoms. The molecular formula is C14H17ClN2O. The number of fused-ring (bicyclic) bond motifs is 2. The third kappa shape index (κ3) is 1.50. The van der Waals surface area contributed by atoms with Crippen LogP contribution in [0.2, 0.25) is 0 Å². The first-order chi connectivity index (χ1) is 8.38. The topological polar surface area (TPSA) is 29.3 Å². The van der Waals surface area contributed by atoms with Gasteiger partial charge in [0.2, 0.25) is 0 Å². The first-order valence-corrected chi connectivity index (χ1v) is 6.49. The molecule has 0 atom stereocenters. The summed E-state index contributed by atoms with van der Waals surface area (Å²) in [4.78, 5) is 6.97. The largest absolute Gasteiger partial charge is 0.457 e. The number of furan rings is 1. The van der Waals surface area contributed by atoms with Gasteiger partial charge in [-0.3, -0.25) is 9.88 Å². The summed E-state index contributed by atoms with van der Waals surface area (Å²) in [6.45, 7) is 2.45. The molecule has 4 rings (SSSR count). The van der Waals surface area contributed by atoms with E-state index in [-0.39, 0.29) is 17.9 Å². The van der Waals surface area contributed by atoms with Crippen LogP contribution >= 0.6 is 12.4 Å². The summed E-state index contributed by atoms with van der Waals surface area (Å²) in [6, 6.07) is 6.10. The standard InChI is InChI=1S/C14H16N2O.ClH/c1-4-12-11(15-7-1)10-13(17-12)14-5-2-8-16(14)9-3-6-14;/h1,4,7,10H,2-3,5-6,8-9H2;1H. The van der Waals surface area contributed by atoms with Gasteiger partial charge in [-0.05, 0) is 50.9 Å². The quantitative estimate of drug-likeness (QED) is 0.791. The van der Waals surface area contributed by atoms with Gasteiger partial charge in [0.05, 0.1) is 5.54 Å². The lowest BCUT2D eigenvalue weighted by Gasteiger charge is -2.29. The van der Waals surface area contributed by atoms with Gasteiger partial charge in [0.25, 0.3) is 0 Å². The molecule has 0 amide bonds. The summed E-state index contributed by atoms with van der Waals surface area (Å²) in [7, 11) is 0. The second kappa shape index (κ2) is 4.25. The van der Waals surface area contributed by atoms with E-state index in [1.165, 1.54) is 38.8 Å². The Morgan fingerprint density at radius 2 is 2.00 bits per heavy atom. The zero-order chi connectivity index (χ0) is 11.3. The predicted molar refractivity (Wildman–Crippen MR) is 73.0 cm³/mol. The maximum Gasteiger partial charge on any atom is 0.152 e. The van der Waals surface area contributed by atoms with Crippen LogP contribution in [0, 0.1) is 0 Å². The Labute approximate surface area is 113 Å². The van der Waals surface area contributed by atoms with Crippen LogP contribution < -0.4 is 0 Å². The Kier molecular flexibility index (Phi) is 2.83. The van der Waals surface area contributed by atoms with Gasteiger partial charge >= 0.3 is 0 Å². The Balaban J connectivity index is 0.000001000. The van der Waals surface area contributed by atoms with Gasteiger partial charge in [0, 0.05) is 12.3 Å². The molecule has 0 spiro atoms. The number of halogens is 1. The van der Waals surface area contributed by atoms with Gasteiger partial charge in [0.15, 0.2) is 5.58 Å². The molecule has 2 aromatic rings. The Morgan fingerprint density at radius 3 is 2.72 bits per heavy atom. The van der Waals surface area contributed by atoms with Crippen LogP contribution in [0.5, 0.6) is 0 Å². The molecule has 96 valence electrons. The highest BCUT2D eigenvalue weighted by Crippen LogP contribution is 2.47. The fourth-order valence-corrected chi connectivity index (χ4v) is 3.61. The van der Waals surface area contributed by atoms with Crippen LogP contribution in [0.4, 0.5) is 0 Å². The summed E-state index contributed by atoms with van der Waals surface area (Å²) in [6.07, 6.45) is 6.91. The second-order valence-corrected chi connectivity index (χ2v) is 5.22. The SMILES string of the molecule is Cl.c1cnc2cc(C34CCCN3CCC4)oc2c1. The Morgan fingerprint density at radius 1 is 1.22 bits per heavy atom. The van der Waals surface area contributed by atoms with Crippen molar-refractivity contribution in [1.82, 2.24) is 9.88 Å². The average Bonchev–Trinajstić information content (AvgIpc) is 3.01. The van der Waals surface area contributed by atoms with Crippen LogP contribution in [0.1, 0.15) is 31.4 Å². The third-order valence-corrected chi connectivity index (χ3v) is 4.39. The zero-order valence-electron chi connectivity index (χ0n) is 10.3. The van der Waals surface area contributed by atoms with Crippen molar-refractivity contribution in [3.05, 3.63) is 30.2 Å². The molecule has 0 radical (unpaired) electrons. The van der Waals surface area contributed by atoms with Crippen LogP contribution in [0.15, 0.2) is 28.8 Å². The van der Waals surface area contributed by atoms with E-state index in [2.05, 4.69) is 16.0 Å². The molecule has 2 fully saturated rings. The summed E-state index contributed by atoms with van der Waals surface area (Å²) in [5.41, 5.74) is 2.12. The smallest absolute Gasteiger partial charge is 0.152 e. The monoisotopic (exact) mass is 264 g/mol. The van der Waals surface area contributed by atoms with Crippen molar-refractivity contribution in [2.24, 2.45) is 0 Å². The fourth-order valence-electron chi connectivity index (χ4n) is 3.61. The van der Waals surface area contributed by atoms with Gasteiger partial charge in [-0.1, -0.05) is 0 Å². The number of hydrogen-bond acceptors (Lipinski definition) is 3. The van der Waals surface area contributed by atoms with Gasteiger partial charge in [-0.2, -0.15) is 0 Å². The van der Waals surface area contributed by atoms with Crippen LogP contribution in [-0.2, 0) is 5.54 Å². The molecule has 2 aliphatic rings. The Hall–Kier alpha value is -1.06. The summed E-state index contributed by atoms with van der Waals surface area (Å²) in [5.74, 6) is 1.14. The molecule has 0 N–H and O–H groups in total. The lowest BCUT2D eigenvalue weighted by molar-refractivity contribution is 0.166. The Bertz CT molecular complexity index is 523. The lowest BCUT2D eigenvalue weighted by atomic mass is 9.91. The maximum atomic E-state index is 6.05. The van der Waals surface area contributed by atoms with Crippen molar-refractivity contribution in [1.29, 1.82) is 0 Å². The van der Waals surface area contributed by atoms with E-state index in [0.29, 0.717) is 0 Å². The van der Waals surface area contributed by atoms with E-state index in [1.807, 2.05) is 18.3 Å². The van der Waals surface area contributed by atoms with E-state index in [0.717, 1.165) is 16.9 Å². The number of rotatable bonds is 1. The highest BCUT2D eigenvalue weighted by molar-refractivity contribution is 5.85. The molecule has 2 aliphatic heterocycles. The summed E-state index contributed by atoms with van der Waals surface area (Å²) < 4.78 is 6.05. The number of pyridine rings is 1. The molecule has 0 bridgehead atoms. The third-order valence-electron chi connectivity index (χ3n) is 4.39. The molecule has 0 aliphatic carbocycles. The van der Waals surface area contributed by atoms with Crippen LogP contribution in [0.25, 0.3) is 11.1 Å². The van der Waals surface area contributed by atoms with E-state index in [9.17, 15) is 0 Å². The number of nitrogens with zero attached hydrogens (tertiary/aromatic N) is 2. The molecule has 4 heterocycles. The first kappa shape index (κ1) is 12.0. The van der Waals surface area contributed by atoms with Crippen molar-refractivity contribution in [3.63, 3.8) is 0 Å².